The summed E-state index contributed by atoms with van der Waals surface area (Å²) in [7, 11) is 0. The molecule has 0 atom stereocenters. The van der Waals surface area contributed by atoms with Crippen LogP contribution in [0.4, 0.5) is 0 Å². The lowest BCUT2D eigenvalue weighted by molar-refractivity contribution is -0.120. The summed E-state index contributed by atoms with van der Waals surface area (Å²) in [6.45, 7) is 3.23. The first kappa shape index (κ1) is 10.5. The summed E-state index contributed by atoms with van der Waals surface area (Å²) in [6, 6.07) is 1.62. The van der Waals surface area contributed by atoms with Crippen molar-refractivity contribution in [3.8, 4) is 0 Å². The molecule has 2 aliphatic carbocycles. The molecule has 4 heteroatoms. The van der Waals surface area contributed by atoms with E-state index in [0.717, 1.165) is 18.6 Å². The fourth-order valence-electron chi connectivity index (χ4n) is 3.27. The van der Waals surface area contributed by atoms with Gasteiger partial charge in [0.25, 0.3) is 0 Å². The van der Waals surface area contributed by atoms with Crippen molar-refractivity contribution in [1.29, 1.82) is 0 Å². The molecule has 3 fully saturated rings. The molecule has 0 bridgehead atoms. The summed E-state index contributed by atoms with van der Waals surface area (Å²) >= 11 is 0. The maximum atomic E-state index is 10.7. The Bertz CT molecular complexity index is 287. The molecular weight excluding hydrogens is 202 g/mol. The van der Waals surface area contributed by atoms with Crippen molar-refractivity contribution >= 4 is 5.91 Å². The number of nitrogens with zero attached hydrogens (tertiary/aromatic N) is 1. The van der Waals surface area contributed by atoms with Crippen molar-refractivity contribution in [3.05, 3.63) is 0 Å². The van der Waals surface area contributed by atoms with Gasteiger partial charge in [-0.1, -0.05) is 0 Å². The number of primary amides is 1. The zero-order chi connectivity index (χ0) is 11.2. The molecule has 0 aromatic carbocycles. The van der Waals surface area contributed by atoms with E-state index in [9.17, 15) is 4.79 Å². The average molecular weight is 223 g/mol. The number of rotatable bonds is 5. The molecule has 1 saturated heterocycles. The number of amides is 1. The van der Waals surface area contributed by atoms with Gasteiger partial charge in [0.15, 0.2) is 0 Å². The lowest BCUT2D eigenvalue weighted by atomic mass is 9.60. The van der Waals surface area contributed by atoms with Crippen molar-refractivity contribution in [2.24, 2.45) is 11.1 Å². The zero-order valence-electron chi connectivity index (χ0n) is 9.74. The molecule has 1 spiro atoms. The van der Waals surface area contributed by atoms with E-state index in [4.69, 9.17) is 5.73 Å². The van der Waals surface area contributed by atoms with Crippen LogP contribution in [0.15, 0.2) is 0 Å². The Morgan fingerprint density at radius 1 is 1.31 bits per heavy atom. The topological polar surface area (TPSA) is 58.4 Å². The summed E-state index contributed by atoms with van der Waals surface area (Å²) in [6.07, 6.45) is 5.97. The third-order valence-corrected chi connectivity index (χ3v) is 4.20. The number of hydrogen-bond acceptors (Lipinski definition) is 3. The monoisotopic (exact) mass is 223 g/mol. The number of hydrogen-bond donors (Lipinski definition) is 2. The average Bonchev–Trinajstić information content (AvgIpc) is 2.88. The van der Waals surface area contributed by atoms with Gasteiger partial charge in [-0.15, -0.1) is 0 Å². The van der Waals surface area contributed by atoms with Gasteiger partial charge in [-0.3, -0.25) is 4.79 Å². The van der Waals surface area contributed by atoms with Gasteiger partial charge in [-0.2, -0.15) is 0 Å². The molecule has 0 unspecified atom stereocenters. The SMILES string of the molecule is NC(=O)CCN1CC2(CC(NC3CC3)C2)C1. The summed E-state index contributed by atoms with van der Waals surface area (Å²) in [5, 5.41) is 3.69. The molecule has 1 aliphatic heterocycles. The van der Waals surface area contributed by atoms with Gasteiger partial charge in [0.05, 0.1) is 0 Å². The van der Waals surface area contributed by atoms with Gasteiger partial charge in [0.2, 0.25) is 5.91 Å². The maximum Gasteiger partial charge on any atom is 0.218 e. The highest BCUT2D eigenvalue weighted by molar-refractivity contribution is 5.73. The van der Waals surface area contributed by atoms with Crippen LogP contribution in [0.5, 0.6) is 0 Å². The smallest absolute Gasteiger partial charge is 0.218 e. The van der Waals surface area contributed by atoms with Gasteiger partial charge in [-0.05, 0) is 31.1 Å². The molecule has 2 saturated carbocycles. The maximum absolute atomic E-state index is 10.7. The van der Waals surface area contributed by atoms with Gasteiger partial charge >= 0.3 is 0 Å². The molecule has 90 valence electrons. The third-order valence-electron chi connectivity index (χ3n) is 4.20. The number of carbonyl (C=O) groups excluding carboxylic acids is 1. The Kier molecular flexibility index (Phi) is 2.44. The van der Waals surface area contributed by atoms with Crippen molar-refractivity contribution in [3.63, 3.8) is 0 Å². The summed E-state index contributed by atoms with van der Waals surface area (Å²) in [5.74, 6) is -0.178. The van der Waals surface area contributed by atoms with Crippen LogP contribution in [0.25, 0.3) is 0 Å². The van der Waals surface area contributed by atoms with E-state index in [1.807, 2.05) is 0 Å². The van der Waals surface area contributed by atoms with E-state index in [1.165, 1.54) is 38.8 Å². The molecule has 0 aromatic heterocycles. The Morgan fingerprint density at radius 2 is 2.00 bits per heavy atom. The molecule has 1 heterocycles. The van der Waals surface area contributed by atoms with Crippen molar-refractivity contribution in [2.75, 3.05) is 19.6 Å². The van der Waals surface area contributed by atoms with Gasteiger partial charge in [0.1, 0.15) is 0 Å². The highest BCUT2D eigenvalue weighted by Gasteiger charge is 2.52. The largest absolute Gasteiger partial charge is 0.370 e. The summed E-state index contributed by atoms with van der Waals surface area (Å²) < 4.78 is 0. The molecule has 3 N–H and O–H groups in total. The van der Waals surface area contributed by atoms with E-state index in [2.05, 4.69) is 10.2 Å². The lowest BCUT2D eigenvalue weighted by Crippen LogP contribution is -2.66. The predicted molar refractivity (Wildman–Crippen MR) is 61.9 cm³/mol. The van der Waals surface area contributed by atoms with E-state index < -0.39 is 0 Å². The second kappa shape index (κ2) is 3.70. The first-order valence-corrected chi connectivity index (χ1v) is 6.42. The Balaban J connectivity index is 1.33. The van der Waals surface area contributed by atoms with Crippen LogP contribution in [-0.2, 0) is 4.79 Å². The zero-order valence-corrected chi connectivity index (χ0v) is 9.74. The van der Waals surface area contributed by atoms with Crippen LogP contribution in [0, 0.1) is 5.41 Å². The van der Waals surface area contributed by atoms with Crippen molar-refractivity contribution in [1.82, 2.24) is 10.2 Å². The number of likely N-dealkylation sites (tertiary alicyclic amines) is 1. The first-order chi connectivity index (χ1) is 7.65. The van der Waals surface area contributed by atoms with E-state index in [1.54, 1.807) is 0 Å². The van der Waals surface area contributed by atoms with E-state index in [0.29, 0.717) is 11.8 Å². The molecule has 1 amide bonds. The second-order valence-corrected chi connectivity index (χ2v) is 5.97. The van der Waals surface area contributed by atoms with E-state index >= 15 is 0 Å². The van der Waals surface area contributed by atoms with Gasteiger partial charge < -0.3 is 16.0 Å². The fraction of sp³-hybridized carbons (Fsp3) is 0.917. The first-order valence-electron chi connectivity index (χ1n) is 6.42. The minimum absolute atomic E-state index is 0.178. The summed E-state index contributed by atoms with van der Waals surface area (Å²) in [5.41, 5.74) is 5.74. The molecule has 3 aliphatic rings. The molecule has 3 rings (SSSR count). The normalized spacial score (nSPS) is 28.8. The standard InChI is InChI=1S/C12H21N3O/c13-11(16)3-4-15-7-12(8-15)5-10(6-12)14-9-1-2-9/h9-10,14H,1-8H2,(H2,13,16). The lowest BCUT2D eigenvalue weighted by Gasteiger charge is -2.59. The predicted octanol–water partition coefficient (Wildman–Crippen LogP) is 0.0782. The Hall–Kier alpha value is -0.610. The van der Waals surface area contributed by atoms with Crippen LogP contribution in [-0.4, -0.2) is 42.5 Å². The number of nitrogens with two attached hydrogens (primary N) is 1. The molecule has 0 radical (unpaired) electrons. The quantitative estimate of drug-likeness (QED) is 0.694. The van der Waals surface area contributed by atoms with Crippen molar-refractivity contribution < 1.29 is 4.79 Å². The number of nitrogens with one attached hydrogen (secondary N) is 1. The van der Waals surface area contributed by atoms with Crippen LogP contribution >= 0.6 is 0 Å². The van der Waals surface area contributed by atoms with Crippen LogP contribution < -0.4 is 11.1 Å². The van der Waals surface area contributed by atoms with Crippen LogP contribution in [0.2, 0.25) is 0 Å². The fourth-order valence-corrected chi connectivity index (χ4v) is 3.27. The van der Waals surface area contributed by atoms with Gasteiger partial charge in [0, 0.05) is 38.1 Å². The highest BCUT2D eigenvalue weighted by Crippen LogP contribution is 2.48. The van der Waals surface area contributed by atoms with Crippen LogP contribution in [0.1, 0.15) is 32.1 Å². The third kappa shape index (κ3) is 2.09. The molecule has 4 nitrogen and oxygen atoms in total. The molecular formula is C12H21N3O. The van der Waals surface area contributed by atoms with Gasteiger partial charge in [-0.25, -0.2) is 0 Å². The molecule has 0 aromatic rings. The minimum atomic E-state index is -0.178. The molecule has 16 heavy (non-hydrogen) atoms. The Morgan fingerprint density at radius 3 is 2.56 bits per heavy atom. The van der Waals surface area contributed by atoms with Crippen molar-refractivity contribution in [2.45, 2.75) is 44.2 Å². The second-order valence-electron chi connectivity index (χ2n) is 5.97. The Labute approximate surface area is 96.5 Å². The van der Waals surface area contributed by atoms with Crippen LogP contribution in [0.3, 0.4) is 0 Å². The van der Waals surface area contributed by atoms with E-state index in [-0.39, 0.29) is 5.91 Å². The number of carbonyl (C=O) groups is 1. The minimum Gasteiger partial charge on any atom is -0.370 e. The highest BCUT2D eigenvalue weighted by atomic mass is 16.1. The summed E-state index contributed by atoms with van der Waals surface area (Å²) in [4.78, 5) is 13.0.